The van der Waals surface area contributed by atoms with E-state index in [4.69, 9.17) is 0 Å². The molecule has 1 fully saturated rings. The van der Waals surface area contributed by atoms with Gasteiger partial charge in [-0.05, 0) is 54.1 Å². The van der Waals surface area contributed by atoms with E-state index in [1.165, 1.54) is 0 Å². The summed E-state index contributed by atoms with van der Waals surface area (Å²) in [7, 11) is 0. The third kappa shape index (κ3) is 4.59. The van der Waals surface area contributed by atoms with Crippen LogP contribution in [0.2, 0.25) is 0 Å². The SMILES string of the molecule is O=C(NCc1cccc(Br)c1)C1CCN(c2ccc(-c3cccs3)nn2)CC1. The van der Waals surface area contributed by atoms with Gasteiger partial charge in [-0.2, -0.15) is 0 Å². The number of thiophene rings is 1. The molecule has 1 saturated heterocycles. The second-order valence-electron chi connectivity index (χ2n) is 6.86. The number of nitrogens with zero attached hydrogens (tertiary/aromatic N) is 3. The summed E-state index contributed by atoms with van der Waals surface area (Å²) in [5, 5.41) is 13.9. The van der Waals surface area contributed by atoms with Crippen molar-refractivity contribution in [2.45, 2.75) is 19.4 Å². The zero-order valence-electron chi connectivity index (χ0n) is 15.3. The summed E-state index contributed by atoms with van der Waals surface area (Å²) in [5.74, 6) is 1.08. The molecular weight excluding hydrogens is 436 g/mol. The molecule has 0 saturated carbocycles. The fraction of sp³-hybridized carbons (Fsp3) is 0.286. The Morgan fingerprint density at radius 1 is 1.14 bits per heavy atom. The lowest BCUT2D eigenvalue weighted by Gasteiger charge is -2.31. The molecule has 0 atom stereocenters. The van der Waals surface area contributed by atoms with Gasteiger partial charge >= 0.3 is 0 Å². The highest BCUT2D eigenvalue weighted by molar-refractivity contribution is 9.10. The minimum Gasteiger partial charge on any atom is -0.355 e. The molecule has 0 unspecified atom stereocenters. The number of halogens is 1. The second-order valence-corrected chi connectivity index (χ2v) is 8.73. The van der Waals surface area contributed by atoms with Crippen molar-refractivity contribution >= 4 is 39.0 Å². The number of carbonyl (C=O) groups is 1. The highest BCUT2D eigenvalue weighted by Crippen LogP contribution is 2.25. The fourth-order valence-corrected chi connectivity index (χ4v) is 4.54. The Bertz CT molecular complexity index is 922. The van der Waals surface area contributed by atoms with Crippen LogP contribution in [-0.2, 0) is 11.3 Å². The average Bonchev–Trinajstić information content (AvgIpc) is 3.27. The molecule has 144 valence electrons. The maximum absolute atomic E-state index is 12.5. The van der Waals surface area contributed by atoms with E-state index >= 15 is 0 Å². The molecule has 5 nitrogen and oxygen atoms in total. The van der Waals surface area contributed by atoms with E-state index in [0.717, 1.165) is 52.4 Å². The molecular formula is C21H21BrN4OS. The van der Waals surface area contributed by atoms with Crippen LogP contribution < -0.4 is 10.2 Å². The molecule has 0 radical (unpaired) electrons. The molecule has 28 heavy (non-hydrogen) atoms. The fourth-order valence-electron chi connectivity index (χ4n) is 3.40. The van der Waals surface area contributed by atoms with E-state index in [1.807, 2.05) is 53.9 Å². The van der Waals surface area contributed by atoms with Crippen molar-refractivity contribution in [3.05, 3.63) is 63.9 Å². The van der Waals surface area contributed by atoms with Crippen LogP contribution in [-0.4, -0.2) is 29.2 Å². The summed E-state index contributed by atoms with van der Waals surface area (Å²) in [6, 6.07) is 16.1. The largest absolute Gasteiger partial charge is 0.355 e. The minimum absolute atomic E-state index is 0.0572. The van der Waals surface area contributed by atoms with Crippen LogP contribution in [0.15, 0.2) is 58.4 Å². The first-order valence-electron chi connectivity index (χ1n) is 9.34. The number of hydrogen-bond acceptors (Lipinski definition) is 5. The summed E-state index contributed by atoms with van der Waals surface area (Å²) in [6.45, 7) is 2.21. The molecule has 0 spiro atoms. The summed E-state index contributed by atoms with van der Waals surface area (Å²) < 4.78 is 1.03. The van der Waals surface area contributed by atoms with Crippen LogP contribution in [0, 0.1) is 5.92 Å². The third-order valence-electron chi connectivity index (χ3n) is 4.97. The van der Waals surface area contributed by atoms with E-state index in [9.17, 15) is 4.79 Å². The lowest BCUT2D eigenvalue weighted by Crippen LogP contribution is -2.40. The minimum atomic E-state index is 0.0572. The predicted molar refractivity (Wildman–Crippen MR) is 116 cm³/mol. The quantitative estimate of drug-likeness (QED) is 0.613. The molecule has 1 aromatic carbocycles. The number of piperidine rings is 1. The van der Waals surface area contributed by atoms with Gasteiger partial charge in [0, 0.05) is 30.0 Å². The van der Waals surface area contributed by atoms with Crippen LogP contribution >= 0.6 is 27.3 Å². The topological polar surface area (TPSA) is 58.1 Å². The molecule has 4 rings (SSSR count). The molecule has 7 heteroatoms. The maximum atomic E-state index is 12.5. The Morgan fingerprint density at radius 3 is 2.68 bits per heavy atom. The second kappa shape index (κ2) is 8.84. The van der Waals surface area contributed by atoms with Gasteiger partial charge in [-0.15, -0.1) is 21.5 Å². The Kier molecular flexibility index (Phi) is 6.02. The van der Waals surface area contributed by atoms with Gasteiger partial charge in [0.2, 0.25) is 5.91 Å². The van der Waals surface area contributed by atoms with Crippen molar-refractivity contribution in [1.82, 2.24) is 15.5 Å². The normalized spacial score (nSPS) is 14.8. The highest BCUT2D eigenvalue weighted by Gasteiger charge is 2.25. The zero-order valence-corrected chi connectivity index (χ0v) is 17.7. The molecule has 2 aromatic heterocycles. The van der Waals surface area contributed by atoms with E-state index in [-0.39, 0.29) is 11.8 Å². The van der Waals surface area contributed by atoms with Crippen molar-refractivity contribution < 1.29 is 4.79 Å². The lowest BCUT2D eigenvalue weighted by atomic mass is 9.96. The van der Waals surface area contributed by atoms with E-state index in [1.54, 1.807) is 11.3 Å². The molecule has 3 heterocycles. The van der Waals surface area contributed by atoms with Gasteiger partial charge in [0.25, 0.3) is 0 Å². The standard InChI is InChI=1S/C21H21BrN4OS/c22-17-4-1-3-15(13-17)14-23-21(27)16-8-10-26(11-9-16)20-7-6-18(24-25-20)19-5-2-12-28-19/h1-7,12-13,16H,8-11,14H2,(H,23,27). The van der Waals surface area contributed by atoms with Gasteiger partial charge in [0.1, 0.15) is 5.69 Å². The first-order valence-corrected chi connectivity index (χ1v) is 11.0. The van der Waals surface area contributed by atoms with Crippen molar-refractivity contribution in [3.8, 4) is 10.6 Å². The van der Waals surface area contributed by atoms with Crippen molar-refractivity contribution in [2.24, 2.45) is 5.92 Å². The number of amides is 1. The van der Waals surface area contributed by atoms with E-state index < -0.39 is 0 Å². The third-order valence-corrected chi connectivity index (χ3v) is 6.36. The van der Waals surface area contributed by atoms with E-state index in [0.29, 0.717) is 6.54 Å². The van der Waals surface area contributed by atoms with Crippen LogP contribution in [0.3, 0.4) is 0 Å². The number of rotatable bonds is 5. The number of benzene rings is 1. The molecule has 0 bridgehead atoms. The Morgan fingerprint density at radius 2 is 2.00 bits per heavy atom. The molecule has 0 aliphatic carbocycles. The van der Waals surface area contributed by atoms with Gasteiger partial charge in [0.15, 0.2) is 5.82 Å². The number of carbonyl (C=O) groups excluding carboxylic acids is 1. The van der Waals surface area contributed by atoms with Gasteiger partial charge < -0.3 is 10.2 Å². The van der Waals surface area contributed by atoms with E-state index in [2.05, 4.69) is 36.3 Å². The van der Waals surface area contributed by atoms with Crippen molar-refractivity contribution in [2.75, 3.05) is 18.0 Å². The Labute approximate surface area is 176 Å². The molecule has 1 aliphatic rings. The van der Waals surface area contributed by atoms with Crippen LogP contribution in [0.25, 0.3) is 10.6 Å². The number of hydrogen-bond donors (Lipinski definition) is 1. The molecule has 3 aromatic rings. The smallest absolute Gasteiger partial charge is 0.223 e. The Hall–Kier alpha value is -2.25. The maximum Gasteiger partial charge on any atom is 0.223 e. The molecule has 1 amide bonds. The summed E-state index contributed by atoms with van der Waals surface area (Å²) >= 11 is 5.12. The summed E-state index contributed by atoms with van der Waals surface area (Å²) in [5.41, 5.74) is 2.00. The summed E-state index contributed by atoms with van der Waals surface area (Å²) in [4.78, 5) is 15.8. The van der Waals surface area contributed by atoms with Crippen LogP contribution in [0.4, 0.5) is 5.82 Å². The average molecular weight is 457 g/mol. The van der Waals surface area contributed by atoms with Gasteiger partial charge in [0.05, 0.1) is 4.88 Å². The Balaban J connectivity index is 1.28. The predicted octanol–water partition coefficient (Wildman–Crippen LogP) is 4.50. The first-order chi connectivity index (χ1) is 13.7. The lowest BCUT2D eigenvalue weighted by molar-refractivity contribution is -0.125. The number of nitrogens with one attached hydrogen (secondary N) is 1. The number of aromatic nitrogens is 2. The summed E-state index contributed by atoms with van der Waals surface area (Å²) in [6.07, 6.45) is 1.66. The molecule has 1 aliphatic heterocycles. The van der Waals surface area contributed by atoms with Crippen molar-refractivity contribution in [1.29, 1.82) is 0 Å². The van der Waals surface area contributed by atoms with Gasteiger partial charge in [-0.25, -0.2) is 0 Å². The number of anilines is 1. The van der Waals surface area contributed by atoms with Crippen LogP contribution in [0.5, 0.6) is 0 Å². The van der Waals surface area contributed by atoms with Crippen molar-refractivity contribution in [3.63, 3.8) is 0 Å². The van der Waals surface area contributed by atoms with Gasteiger partial charge in [-0.3, -0.25) is 4.79 Å². The molecule has 1 N–H and O–H groups in total. The van der Waals surface area contributed by atoms with Crippen LogP contribution in [0.1, 0.15) is 18.4 Å². The first kappa shape index (κ1) is 19.1. The van der Waals surface area contributed by atoms with Gasteiger partial charge in [-0.1, -0.05) is 34.1 Å². The monoisotopic (exact) mass is 456 g/mol. The highest BCUT2D eigenvalue weighted by atomic mass is 79.9. The zero-order chi connectivity index (χ0) is 19.3.